The van der Waals surface area contributed by atoms with E-state index in [4.69, 9.17) is 4.43 Å². The fourth-order valence-corrected chi connectivity index (χ4v) is 2.44. The highest BCUT2D eigenvalue weighted by Crippen LogP contribution is 2.26. The van der Waals surface area contributed by atoms with E-state index in [9.17, 15) is 0 Å². The van der Waals surface area contributed by atoms with Gasteiger partial charge in [0, 0.05) is 32.1 Å². The van der Waals surface area contributed by atoms with Gasteiger partial charge in [0.1, 0.15) is 17.3 Å². The Morgan fingerprint density at radius 3 is 2.84 bits per heavy atom. The second-order valence-electron chi connectivity index (χ2n) is 4.60. The Morgan fingerprint density at radius 2 is 2.16 bits per heavy atom. The molecule has 0 aliphatic carbocycles. The third kappa shape index (κ3) is 3.79. The van der Waals surface area contributed by atoms with Crippen molar-refractivity contribution in [1.82, 2.24) is 9.55 Å². The number of aliphatic imine (C=N–C) groups is 1. The molecule has 0 saturated heterocycles. The summed E-state index contributed by atoms with van der Waals surface area (Å²) in [6.07, 6.45) is 6.33. The largest absolute Gasteiger partial charge is 0.546 e. The monoisotopic (exact) mass is 273 g/mol. The summed E-state index contributed by atoms with van der Waals surface area (Å²) in [5.74, 6) is 1.88. The molecule has 0 aliphatic rings. The summed E-state index contributed by atoms with van der Waals surface area (Å²) in [6, 6.07) is 7.90. The van der Waals surface area contributed by atoms with Crippen LogP contribution in [0, 0.1) is 0 Å². The number of nitrogens with zero attached hydrogens (tertiary/aromatic N) is 3. The SMILES string of the molecule is Cn1ccnc1CC=Nc1ccccc1O[SiH](C)C. The second kappa shape index (κ2) is 6.33. The van der Waals surface area contributed by atoms with E-state index in [-0.39, 0.29) is 0 Å². The molecule has 0 radical (unpaired) electrons. The van der Waals surface area contributed by atoms with Gasteiger partial charge >= 0.3 is 0 Å². The highest BCUT2D eigenvalue weighted by Gasteiger charge is 2.04. The van der Waals surface area contributed by atoms with Gasteiger partial charge in [0.25, 0.3) is 0 Å². The summed E-state index contributed by atoms with van der Waals surface area (Å²) in [7, 11) is 0.877. The zero-order valence-electron chi connectivity index (χ0n) is 11.6. The molecule has 19 heavy (non-hydrogen) atoms. The number of hydrogen-bond donors (Lipinski definition) is 0. The minimum Gasteiger partial charge on any atom is -0.546 e. The number of aryl methyl sites for hydroxylation is 1. The summed E-state index contributed by atoms with van der Waals surface area (Å²) in [6.45, 7) is 4.29. The van der Waals surface area contributed by atoms with Gasteiger partial charge in [-0.15, -0.1) is 0 Å². The first-order valence-electron chi connectivity index (χ1n) is 6.41. The van der Waals surface area contributed by atoms with E-state index < -0.39 is 9.04 Å². The average molecular weight is 273 g/mol. The Labute approximate surface area is 115 Å². The van der Waals surface area contributed by atoms with E-state index in [1.807, 2.05) is 48.3 Å². The van der Waals surface area contributed by atoms with Crippen LogP contribution in [-0.4, -0.2) is 24.8 Å². The van der Waals surface area contributed by atoms with Crippen LogP contribution >= 0.6 is 0 Å². The van der Waals surface area contributed by atoms with Crippen molar-refractivity contribution < 1.29 is 4.43 Å². The van der Waals surface area contributed by atoms with Gasteiger partial charge in [-0.1, -0.05) is 12.1 Å². The molecule has 0 N–H and O–H groups in total. The zero-order chi connectivity index (χ0) is 13.7. The van der Waals surface area contributed by atoms with Crippen molar-refractivity contribution in [1.29, 1.82) is 0 Å². The zero-order valence-corrected chi connectivity index (χ0v) is 12.7. The van der Waals surface area contributed by atoms with Crippen LogP contribution in [0.2, 0.25) is 13.1 Å². The molecule has 2 rings (SSSR count). The quantitative estimate of drug-likeness (QED) is 0.620. The molecule has 4 nitrogen and oxygen atoms in total. The topological polar surface area (TPSA) is 39.4 Å². The lowest BCUT2D eigenvalue weighted by molar-refractivity contribution is 0.582. The molecule has 1 aromatic heterocycles. The van der Waals surface area contributed by atoms with Gasteiger partial charge in [0.15, 0.2) is 0 Å². The van der Waals surface area contributed by atoms with Gasteiger partial charge < -0.3 is 8.99 Å². The molecule has 0 atom stereocenters. The van der Waals surface area contributed by atoms with Crippen LogP contribution in [0.1, 0.15) is 5.82 Å². The van der Waals surface area contributed by atoms with Crippen molar-refractivity contribution in [2.75, 3.05) is 0 Å². The predicted octanol–water partition coefficient (Wildman–Crippen LogP) is 2.73. The average Bonchev–Trinajstić information content (AvgIpc) is 2.77. The van der Waals surface area contributed by atoms with Crippen LogP contribution in [0.25, 0.3) is 0 Å². The lowest BCUT2D eigenvalue weighted by Crippen LogP contribution is -2.11. The van der Waals surface area contributed by atoms with Gasteiger partial charge in [-0.05, 0) is 25.2 Å². The van der Waals surface area contributed by atoms with Crippen LogP contribution < -0.4 is 4.43 Å². The molecule has 0 saturated carbocycles. The number of imidazole rings is 1. The van der Waals surface area contributed by atoms with Crippen LogP contribution in [-0.2, 0) is 13.5 Å². The molecule has 1 aromatic carbocycles. The second-order valence-corrected chi connectivity index (χ2v) is 6.94. The lowest BCUT2D eigenvalue weighted by atomic mass is 10.3. The molecule has 0 amide bonds. The van der Waals surface area contributed by atoms with Gasteiger partial charge in [-0.2, -0.15) is 0 Å². The smallest absolute Gasteiger partial charge is 0.229 e. The number of rotatable bonds is 5. The molecule has 0 aliphatic heterocycles. The fraction of sp³-hybridized carbons (Fsp3) is 0.286. The van der Waals surface area contributed by atoms with E-state index in [1.165, 1.54) is 0 Å². The van der Waals surface area contributed by atoms with Crippen molar-refractivity contribution in [3.63, 3.8) is 0 Å². The first-order chi connectivity index (χ1) is 9.16. The van der Waals surface area contributed by atoms with E-state index >= 15 is 0 Å². The van der Waals surface area contributed by atoms with Crippen molar-refractivity contribution in [3.05, 3.63) is 42.5 Å². The number of benzene rings is 1. The minimum atomic E-state index is -1.11. The summed E-state index contributed by atoms with van der Waals surface area (Å²) >= 11 is 0. The molecular formula is C14H19N3OSi. The van der Waals surface area contributed by atoms with Gasteiger partial charge in [-0.25, -0.2) is 4.98 Å². The Hall–Kier alpha value is -1.88. The summed E-state index contributed by atoms with van der Waals surface area (Å²) in [5.41, 5.74) is 0.887. The number of hydrogen-bond acceptors (Lipinski definition) is 3. The normalized spacial score (nSPS) is 11.4. The van der Waals surface area contributed by atoms with E-state index in [0.29, 0.717) is 0 Å². The Kier molecular flexibility index (Phi) is 4.51. The summed E-state index contributed by atoms with van der Waals surface area (Å²) in [4.78, 5) is 8.76. The van der Waals surface area contributed by atoms with Crippen LogP contribution in [0.15, 0.2) is 41.7 Å². The number of para-hydroxylation sites is 2. The van der Waals surface area contributed by atoms with Crippen molar-refractivity contribution in [2.45, 2.75) is 19.5 Å². The lowest BCUT2D eigenvalue weighted by Gasteiger charge is -2.11. The predicted molar refractivity (Wildman–Crippen MR) is 81.0 cm³/mol. The maximum Gasteiger partial charge on any atom is 0.229 e. The first kappa shape index (κ1) is 13.5. The standard InChI is InChI=1S/C14H19N3OSi/c1-17-11-10-16-14(17)8-9-15-12-6-4-5-7-13(12)18-19(2)3/h4-7,9-11,19H,8H2,1-3H3. The molecule has 0 bridgehead atoms. The van der Waals surface area contributed by atoms with Gasteiger partial charge in [0.05, 0.1) is 0 Å². The molecule has 2 aromatic rings. The fourth-order valence-electron chi connectivity index (χ4n) is 1.74. The molecule has 5 heteroatoms. The maximum atomic E-state index is 5.86. The van der Waals surface area contributed by atoms with Crippen molar-refractivity contribution in [3.8, 4) is 5.75 Å². The van der Waals surface area contributed by atoms with E-state index in [1.54, 1.807) is 6.20 Å². The maximum absolute atomic E-state index is 5.86. The molecule has 100 valence electrons. The van der Waals surface area contributed by atoms with Gasteiger partial charge in [0.2, 0.25) is 9.04 Å². The molecular weight excluding hydrogens is 254 g/mol. The number of aromatic nitrogens is 2. The van der Waals surface area contributed by atoms with Crippen molar-refractivity contribution >= 4 is 20.9 Å². The third-order valence-electron chi connectivity index (χ3n) is 2.65. The Bertz CT molecular complexity index is 563. The molecule has 0 fully saturated rings. The summed E-state index contributed by atoms with van der Waals surface area (Å²) < 4.78 is 7.86. The highest BCUT2D eigenvalue weighted by molar-refractivity contribution is 6.49. The Morgan fingerprint density at radius 1 is 1.37 bits per heavy atom. The van der Waals surface area contributed by atoms with Crippen LogP contribution in [0.3, 0.4) is 0 Å². The summed E-state index contributed by atoms with van der Waals surface area (Å²) in [5, 5.41) is 0. The first-order valence-corrected chi connectivity index (χ1v) is 9.19. The van der Waals surface area contributed by atoms with Crippen LogP contribution in [0.5, 0.6) is 5.75 Å². The van der Waals surface area contributed by atoms with E-state index in [0.717, 1.165) is 23.7 Å². The molecule has 0 spiro atoms. The van der Waals surface area contributed by atoms with Gasteiger partial charge in [-0.3, -0.25) is 4.99 Å². The Balaban J connectivity index is 2.08. The molecule has 0 unspecified atom stereocenters. The minimum absolute atomic E-state index is 0.719. The van der Waals surface area contributed by atoms with Crippen LogP contribution in [0.4, 0.5) is 5.69 Å². The highest BCUT2D eigenvalue weighted by atomic mass is 28.3. The molecule has 1 heterocycles. The van der Waals surface area contributed by atoms with E-state index in [2.05, 4.69) is 23.1 Å². The van der Waals surface area contributed by atoms with Crippen molar-refractivity contribution in [2.24, 2.45) is 12.0 Å². The third-order valence-corrected chi connectivity index (χ3v) is 3.38.